The molecule has 1 saturated heterocycles. The molecule has 1 aliphatic carbocycles. The standard InChI is InChI=1S/C27H41N5O4S/c1-17-12-18(2)14-21(13-17)24-29-25(33)27(30-24)7-9-32(10-8-27)37(35,36)11-6-23-19(3)15-22(16-20(23)4)31(5)26(28)34/h15-18,21H,6-14H2,1-5H3,(H2,28,34)(H,29,30,33)/t17-,18+,21-. The molecule has 0 radical (unpaired) electrons. The van der Waals surface area contributed by atoms with Gasteiger partial charge in [0.25, 0.3) is 5.91 Å². The number of anilines is 1. The van der Waals surface area contributed by atoms with E-state index in [2.05, 4.69) is 19.2 Å². The van der Waals surface area contributed by atoms with E-state index in [1.165, 1.54) is 15.6 Å². The largest absolute Gasteiger partial charge is 0.351 e. The van der Waals surface area contributed by atoms with Gasteiger partial charge < -0.3 is 11.1 Å². The number of amidine groups is 1. The molecule has 2 fully saturated rings. The highest BCUT2D eigenvalue weighted by Crippen LogP contribution is 2.38. The summed E-state index contributed by atoms with van der Waals surface area (Å²) in [5.74, 6) is 2.25. The second-order valence-electron chi connectivity index (χ2n) is 11.5. The summed E-state index contributed by atoms with van der Waals surface area (Å²) in [5, 5.41) is 3.07. The molecule has 0 aromatic heterocycles. The molecule has 0 bridgehead atoms. The van der Waals surface area contributed by atoms with Crippen molar-refractivity contribution in [3.05, 3.63) is 28.8 Å². The van der Waals surface area contributed by atoms with Crippen LogP contribution < -0.4 is 16.0 Å². The molecule has 2 heterocycles. The summed E-state index contributed by atoms with van der Waals surface area (Å²) < 4.78 is 28.0. The fourth-order valence-electron chi connectivity index (χ4n) is 6.42. The molecular formula is C27H41N5O4S. The minimum atomic E-state index is -3.50. The van der Waals surface area contributed by atoms with Crippen LogP contribution in [0.4, 0.5) is 10.5 Å². The summed E-state index contributed by atoms with van der Waals surface area (Å²) in [6, 6.07) is 3.16. The zero-order valence-corrected chi connectivity index (χ0v) is 23.5. The number of hydrogen-bond acceptors (Lipinski definition) is 5. The third kappa shape index (κ3) is 5.70. The quantitative estimate of drug-likeness (QED) is 0.585. The van der Waals surface area contributed by atoms with Gasteiger partial charge in [-0.1, -0.05) is 13.8 Å². The molecule has 37 heavy (non-hydrogen) atoms. The molecule has 10 heteroatoms. The van der Waals surface area contributed by atoms with Gasteiger partial charge in [0.05, 0.1) is 5.75 Å². The third-order valence-corrected chi connectivity index (χ3v) is 10.4. The van der Waals surface area contributed by atoms with Crippen molar-refractivity contribution in [2.75, 3.05) is 30.8 Å². The zero-order chi connectivity index (χ0) is 27.1. The van der Waals surface area contributed by atoms with Gasteiger partial charge >= 0.3 is 6.03 Å². The van der Waals surface area contributed by atoms with Crippen LogP contribution in [-0.2, 0) is 21.2 Å². The normalized spacial score (nSPS) is 26.1. The maximum absolute atomic E-state index is 13.2. The van der Waals surface area contributed by atoms with Gasteiger partial charge in [-0.15, -0.1) is 0 Å². The second-order valence-corrected chi connectivity index (χ2v) is 13.6. The van der Waals surface area contributed by atoms with Gasteiger partial charge in [-0.2, -0.15) is 0 Å². The summed E-state index contributed by atoms with van der Waals surface area (Å²) in [6.45, 7) is 8.95. The van der Waals surface area contributed by atoms with Gasteiger partial charge in [0.1, 0.15) is 11.4 Å². The Balaban J connectivity index is 1.40. The summed E-state index contributed by atoms with van der Waals surface area (Å²) >= 11 is 0. The van der Waals surface area contributed by atoms with Gasteiger partial charge in [0.15, 0.2) is 0 Å². The number of benzene rings is 1. The van der Waals surface area contributed by atoms with Gasteiger partial charge in [-0.25, -0.2) is 17.5 Å². The number of nitrogens with two attached hydrogens (primary N) is 1. The number of rotatable bonds is 6. The van der Waals surface area contributed by atoms with Crippen LogP contribution in [0.25, 0.3) is 0 Å². The highest BCUT2D eigenvalue weighted by Gasteiger charge is 2.48. The predicted octanol–water partition coefficient (Wildman–Crippen LogP) is 3.13. The van der Waals surface area contributed by atoms with E-state index in [0.717, 1.165) is 35.4 Å². The number of nitrogens with zero attached hydrogens (tertiary/aromatic N) is 3. The molecule has 3 aliphatic rings. The highest BCUT2D eigenvalue weighted by molar-refractivity contribution is 7.89. The first-order valence-electron chi connectivity index (χ1n) is 13.3. The van der Waals surface area contributed by atoms with Crippen molar-refractivity contribution in [1.29, 1.82) is 0 Å². The summed E-state index contributed by atoms with van der Waals surface area (Å²) in [4.78, 5) is 30.8. The Hall–Kier alpha value is -2.46. The summed E-state index contributed by atoms with van der Waals surface area (Å²) in [5.41, 5.74) is 8.04. The lowest BCUT2D eigenvalue weighted by Gasteiger charge is -2.35. The van der Waals surface area contributed by atoms with Gasteiger partial charge in [0, 0.05) is 31.7 Å². The Morgan fingerprint density at radius 3 is 2.24 bits per heavy atom. The average Bonchev–Trinajstić information content (AvgIpc) is 3.13. The lowest BCUT2D eigenvalue weighted by atomic mass is 9.76. The Morgan fingerprint density at radius 1 is 1.14 bits per heavy atom. The molecule has 204 valence electrons. The van der Waals surface area contributed by atoms with E-state index in [4.69, 9.17) is 10.7 Å². The van der Waals surface area contributed by atoms with Gasteiger partial charge in [0.2, 0.25) is 10.0 Å². The topological polar surface area (TPSA) is 125 Å². The van der Waals surface area contributed by atoms with E-state index in [1.54, 1.807) is 7.05 Å². The van der Waals surface area contributed by atoms with Crippen LogP contribution >= 0.6 is 0 Å². The molecule has 3 N–H and O–H groups in total. The Morgan fingerprint density at radius 2 is 1.70 bits per heavy atom. The van der Waals surface area contributed by atoms with Crippen LogP contribution in [0, 0.1) is 31.6 Å². The number of hydrogen-bond donors (Lipinski definition) is 2. The van der Waals surface area contributed by atoms with Crippen LogP contribution in [0.15, 0.2) is 17.1 Å². The predicted molar refractivity (Wildman–Crippen MR) is 146 cm³/mol. The van der Waals surface area contributed by atoms with Crippen molar-refractivity contribution < 1.29 is 18.0 Å². The molecule has 1 saturated carbocycles. The number of aliphatic imine (C=N–C) groups is 1. The molecule has 0 unspecified atom stereocenters. The van der Waals surface area contributed by atoms with E-state index >= 15 is 0 Å². The van der Waals surface area contributed by atoms with Crippen molar-refractivity contribution in [2.45, 2.75) is 71.8 Å². The smallest absolute Gasteiger partial charge is 0.318 e. The maximum Gasteiger partial charge on any atom is 0.318 e. The second kappa shape index (κ2) is 10.4. The van der Waals surface area contributed by atoms with E-state index in [0.29, 0.717) is 49.9 Å². The van der Waals surface area contributed by atoms with Crippen LogP contribution in [0.1, 0.15) is 62.6 Å². The number of piperidine rings is 1. The number of amides is 3. The number of aryl methyl sites for hydroxylation is 2. The fourth-order valence-corrected chi connectivity index (χ4v) is 7.88. The summed E-state index contributed by atoms with van der Waals surface area (Å²) in [7, 11) is -1.89. The Kier molecular flexibility index (Phi) is 7.72. The minimum absolute atomic E-state index is 0.00868. The van der Waals surface area contributed by atoms with Crippen LogP contribution in [0.2, 0.25) is 0 Å². The fraction of sp³-hybridized carbons (Fsp3) is 0.667. The minimum Gasteiger partial charge on any atom is -0.351 e. The molecule has 3 amide bonds. The number of urea groups is 1. The zero-order valence-electron chi connectivity index (χ0n) is 22.7. The number of primary amides is 1. The SMILES string of the molecule is Cc1cc(N(C)C(N)=O)cc(C)c1CCS(=O)(=O)N1CCC2(CC1)N=C([C@@H]1C[C@H](C)C[C@H](C)C1)NC2=O. The molecular weight excluding hydrogens is 490 g/mol. The molecule has 1 aromatic carbocycles. The molecule has 4 rings (SSSR count). The molecule has 1 spiro atoms. The van der Waals surface area contributed by atoms with Crippen molar-refractivity contribution in [2.24, 2.45) is 28.5 Å². The first-order valence-corrected chi connectivity index (χ1v) is 14.9. The lowest BCUT2D eigenvalue weighted by molar-refractivity contribution is -0.125. The average molecular weight is 532 g/mol. The molecule has 3 atom stereocenters. The number of carbonyl (C=O) groups is 2. The van der Waals surface area contributed by atoms with E-state index in [9.17, 15) is 18.0 Å². The Bertz CT molecular complexity index is 1170. The molecule has 2 aliphatic heterocycles. The maximum atomic E-state index is 13.2. The molecule has 1 aromatic rings. The van der Waals surface area contributed by atoms with Gasteiger partial charge in [-0.05, 0) is 93.0 Å². The third-order valence-electron chi connectivity index (χ3n) is 8.52. The monoisotopic (exact) mass is 531 g/mol. The number of sulfonamides is 1. The summed E-state index contributed by atoms with van der Waals surface area (Å²) in [6.07, 6.45) is 4.49. The first-order chi connectivity index (χ1) is 17.3. The van der Waals surface area contributed by atoms with Crippen LogP contribution in [0.3, 0.4) is 0 Å². The van der Waals surface area contributed by atoms with Gasteiger partial charge in [-0.3, -0.25) is 14.7 Å². The highest BCUT2D eigenvalue weighted by atomic mass is 32.2. The molecule has 9 nitrogen and oxygen atoms in total. The number of carbonyl (C=O) groups excluding carboxylic acids is 2. The van der Waals surface area contributed by atoms with Crippen LogP contribution in [0.5, 0.6) is 0 Å². The van der Waals surface area contributed by atoms with Crippen molar-refractivity contribution in [3.8, 4) is 0 Å². The lowest BCUT2D eigenvalue weighted by Crippen LogP contribution is -2.51. The first kappa shape index (κ1) is 27.6. The van der Waals surface area contributed by atoms with E-state index in [1.807, 2.05) is 26.0 Å². The Labute approximate surface area is 220 Å². The van der Waals surface area contributed by atoms with E-state index < -0.39 is 21.6 Å². The van der Waals surface area contributed by atoms with Crippen molar-refractivity contribution >= 4 is 33.5 Å². The van der Waals surface area contributed by atoms with E-state index in [-0.39, 0.29) is 17.6 Å². The number of nitrogens with one attached hydrogen (secondary N) is 1. The van der Waals surface area contributed by atoms with Crippen molar-refractivity contribution in [3.63, 3.8) is 0 Å². The van der Waals surface area contributed by atoms with Crippen LogP contribution in [-0.4, -0.2) is 61.9 Å². The van der Waals surface area contributed by atoms with Crippen molar-refractivity contribution in [1.82, 2.24) is 9.62 Å².